The molecule has 2 atom stereocenters. The third-order valence-electron chi connectivity index (χ3n) is 2.89. The van der Waals surface area contributed by atoms with Gasteiger partial charge >= 0.3 is 0 Å². The third-order valence-corrected chi connectivity index (χ3v) is 2.89. The Bertz CT molecular complexity index is 153. The van der Waals surface area contributed by atoms with E-state index >= 15 is 0 Å². The molecule has 1 aliphatic heterocycles. The molecule has 0 radical (unpaired) electrons. The molecule has 0 spiro atoms. The van der Waals surface area contributed by atoms with E-state index in [2.05, 4.69) is 0 Å². The van der Waals surface area contributed by atoms with Crippen molar-refractivity contribution in [2.75, 3.05) is 13.2 Å². The maximum atomic E-state index is 10.00. The van der Waals surface area contributed by atoms with Crippen LogP contribution < -0.4 is 5.73 Å². The first-order valence-corrected chi connectivity index (χ1v) is 5.07. The van der Waals surface area contributed by atoms with Crippen LogP contribution in [0.3, 0.4) is 0 Å². The van der Waals surface area contributed by atoms with Gasteiger partial charge in [0.2, 0.25) is 0 Å². The average molecular weight is 187 g/mol. The van der Waals surface area contributed by atoms with Crippen molar-refractivity contribution in [3.8, 4) is 0 Å². The van der Waals surface area contributed by atoms with Crippen LogP contribution >= 0.6 is 0 Å². The number of hydrogen-bond acceptors (Lipinski definition) is 3. The molecular formula is C10H21NO2. The molecule has 2 unspecified atom stereocenters. The van der Waals surface area contributed by atoms with Gasteiger partial charge in [-0.05, 0) is 25.8 Å². The van der Waals surface area contributed by atoms with E-state index in [9.17, 15) is 5.11 Å². The van der Waals surface area contributed by atoms with Crippen LogP contribution in [0.1, 0.15) is 33.1 Å². The molecule has 13 heavy (non-hydrogen) atoms. The smallest absolute Gasteiger partial charge is 0.0864 e. The Morgan fingerprint density at radius 3 is 2.69 bits per heavy atom. The molecular weight excluding hydrogens is 166 g/mol. The minimum Gasteiger partial charge on any atom is -0.390 e. The van der Waals surface area contributed by atoms with Crippen LogP contribution in [0.15, 0.2) is 0 Å². The highest BCUT2D eigenvalue weighted by Gasteiger charge is 2.34. The number of aliphatic hydroxyl groups is 1. The van der Waals surface area contributed by atoms with Crippen molar-refractivity contribution in [2.24, 2.45) is 11.1 Å². The summed E-state index contributed by atoms with van der Waals surface area (Å²) in [6.45, 7) is 5.24. The fourth-order valence-electron chi connectivity index (χ4n) is 1.64. The van der Waals surface area contributed by atoms with E-state index in [4.69, 9.17) is 10.5 Å². The van der Waals surface area contributed by atoms with Crippen molar-refractivity contribution >= 4 is 0 Å². The molecule has 1 saturated heterocycles. The van der Waals surface area contributed by atoms with Crippen LogP contribution in [-0.4, -0.2) is 30.5 Å². The van der Waals surface area contributed by atoms with E-state index in [-0.39, 0.29) is 11.5 Å². The van der Waals surface area contributed by atoms with Gasteiger partial charge in [-0.25, -0.2) is 0 Å². The quantitative estimate of drug-likeness (QED) is 0.690. The zero-order chi connectivity index (χ0) is 9.90. The van der Waals surface area contributed by atoms with E-state index < -0.39 is 6.10 Å². The molecule has 78 valence electrons. The molecule has 1 heterocycles. The van der Waals surface area contributed by atoms with E-state index in [1.165, 1.54) is 0 Å². The van der Waals surface area contributed by atoms with Gasteiger partial charge in [-0.2, -0.15) is 0 Å². The van der Waals surface area contributed by atoms with Crippen molar-refractivity contribution in [1.82, 2.24) is 0 Å². The van der Waals surface area contributed by atoms with Crippen molar-refractivity contribution < 1.29 is 9.84 Å². The lowest BCUT2D eigenvalue weighted by Crippen LogP contribution is -2.46. The molecule has 1 fully saturated rings. The van der Waals surface area contributed by atoms with Crippen LogP contribution in [0.4, 0.5) is 0 Å². The second-order valence-electron chi connectivity index (χ2n) is 4.54. The summed E-state index contributed by atoms with van der Waals surface area (Å²) < 4.78 is 5.52. The molecule has 0 aliphatic carbocycles. The van der Waals surface area contributed by atoms with E-state index in [1.807, 2.05) is 13.8 Å². The Morgan fingerprint density at radius 1 is 1.54 bits per heavy atom. The average Bonchev–Trinajstić information content (AvgIpc) is 2.18. The highest BCUT2D eigenvalue weighted by molar-refractivity contribution is 4.85. The highest BCUT2D eigenvalue weighted by Crippen LogP contribution is 2.27. The second kappa shape index (κ2) is 4.40. The van der Waals surface area contributed by atoms with Gasteiger partial charge in [-0.1, -0.05) is 13.8 Å². The number of rotatable bonds is 3. The van der Waals surface area contributed by atoms with Gasteiger partial charge in [-0.15, -0.1) is 0 Å². The lowest BCUT2D eigenvalue weighted by molar-refractivity contribution is -0.102. The molecule has 1 rings (SSSR count). The van der Waals surface area contributed by atoms with Crippen molar-refractivity contribution in [1.29, 1.82) is 0 Å². The Morgan fingerprint density at radius 2 is 2.23 bits per heavy atom. The molecule has 3 N–H and O–H groups in total. The number of ether oxygens (including phenoxy) is 1. The van der Waals surface area contributed by atoms with Gasteiger partial charge in [0.25, 0.3) is 0 Å². The van der Waals surface area contributed by atoms with Crippen LogP contribution in [-0.2, 0) is 4.74 Å². The molecule has 0 aromatic rings. The van der Waals surface area contributed by atoms with Gasteiger partial charge in [-0.3, -0.25) is 0 Å². The summed E-state index contributed by atoms with van der Waals surface area (Å²) in [5.74, 6) is 0. The van der Waals surface area contributed by atoms with Gasteiger partial charge < -0.3 is 15.6 Å². The van der Waals surface area contributed by atoms with E-state index in [0.29, 0.717) is 6.54 Å². The molecule has 0 bridgehead atoms. The lowest BCUT2D eigenvalue weighted by atomic mass is 9.82. The topological polar surface area (TPSA) is 55.5 Å². The first-order chi connectivity index (χ1) is 6.08. The Hall–Kier alpha value is -0.120. The van der Waals surface area contributed by atoms with Crippen LogP contribution in [0, 0.1) is 5.41 Å². The first kappa shape index (κ1) is 11.0. The monoisotopic (exact) mass is 187 g/mol. The summed E-state index contributed by atoms with van der Waals surface area (Å²) in [5.41, 5.74) is 5.36. The molecule has 3 nitrogen and oxygen atoms in total. The normalized spacial score (nSPS) is 27.2. The predicted molar refractivity (Wildman–Crippen MR) is 52.4 cm³/mol. The van der Waals surface area contributed by atoms with Crippen molar-refractivity contribution in [3.63, 3.8) is 0 Å². The largest absolute Gasteiger partial charge is 0.390 e. The number of aliphatic hydroxyl groups excluding tert-OH is 1. The van der Waals surface area contributed by atoms with Gasteiger partial charge in [0.1, 0.15) is 0 Å². The number of nitrogens with two attached hydrogens (primary N) is 1. The van der Waals surface area contributed by atoms with Crippen LogP contribution in [0.5, 0.6) is 0 Å². The van der Waals surface area contributed by atoms with E-state index in [1.54, 1.807) is 0 Å². The summed E-state index contributed by atoms with van der Waals surface area (Å²) in [5, 5.41) is 10.00. The van der Waals surface area contributed by atoms with Crippen LogP contribution in [0.25, 0.3) is 0 Å². The first-order valence-electron chi connectivity index (χ1n) is 5.07. The van der Waals surface area contributed by atoms with Gasteiger partial charge in [0, 0.05) is 12.0 Å². The summed E-state index contributed by atoms with van der Waals surface area (Å²) in [6.07, 6.45) is 2.80. The molecule has 0 saturated carbocycles. The fourth-order valence-corrected chi connectivity index (χ4v) is 1.64. The second-order valence-corrected chi connectivity index (χ2v) is 4.54. The maximum absolute atomic E-state index is 10.00. The molecule has 0 aromatic heterocycles. The zero-order valence-corrected chi connectivity index (χ0v) is 8.62. The molecule has 0 aromatic carbocycles. The highest BCUT2D eigenvalue weighted by atomic mass is 16.5. The lowest BCUT2D eigenvalue weighted by Gasteiger charge is -2.36. The Labute approximate surface area is 80.3 Å². The fraction of sp³-hybridized carbons (Fsp3) is 1.00. The minimum absolute atomic E-state index is 0.00713. The maximum Gasteiger partial charge on any atom is 0.0864 e. The van der Waals surface area contributed by atoms with E-state index in [0.717, 1.165) is 25.9 Å². The molecule has 0 amide bonds. The summed E-state index contributed by atoms with van der Waals surface area (Å²) in [7, 11) is 0. The zero-order valence-electron chi connectivity index (χ0n) is 8.62. The SMILES string of the molecule is CC(C)(CN)C(O)C1CCCCO1. The molecule has 1 aliphatic rings. The summed E-state index contributed by atoms with van der Waals surface area (Å²) in [6, 6.07) is 0. The Balaban J connectivity index is 2.49. The number of hydrogen-bond donors (Lipinski definition) is 2. The van der Waals surface area contributed by atoms with Crippen molar-refractivity contribution in [3.05, 3.63) is 0 Å². The Kier molecular flexibility index (Phi) is 3.71. The summed E-state index contributed by atoms with van der Waals surface area (Å²) >= 11 is 0. The van der Waals surface area contributed by atoms with Crippen LogP contribution in [0.2, 0.25) is 0 Å². The molecule has 3 heteroatoms. The van der Waals surface area contributed by atoms with Gasteiger partial charge in [0.05, 0.1) is 12.2 Å². The third kappa shape index (κ3) is 2.66. The standard InChI is InChI=1S/C10H21NO2/c1-10(2,7-11)9(12)8-5-3-4-6-13-8/h8-9,12H,3-7,11H2,1-2H3. The minimum atomic E-state index is -0.433. The van der Waals surface area contributed by atoms with Gasteiger partial charge in [0.15, 0.2) is 0 Å². The van der Waals surface area contributed by atoms with Crippen molar-refractivity contribution in [2.45, 2.75) is 45.3 Å². The summed E-state index contributed by atoms with van der Waals surface area (Å²) in [4.78, 5) is 0. The predicted octanol–water partition coefficient (Wildman–Crippen LogP) is 0.901.